The van der Waals surface area contributed by atoms with E-state index in [1.807, 2.05) is 44.2 Å². The van der Waals surface area contributed by atoms with Gasteiger partial charge in [-0.1, -0.05) is 73.9 Å². The van der Waals surface area contributed by atoms with Crippen LogP contribution in [-0.2, 0) is 14.9 Å². The van der Waals surface area contributed by atoms with Crippen LogP contribution >= 0.6 is 0 Å². The number of rotatable bonds is 7. The highest BCUT2D eigenvalue weighted by Gasteiger charge is 2.26. The fourth-order valence-corrected chi connectivity index (χ4v) is 2.50. The second kappa shape index (κ2) is 14.3. The number of benzene rings is 1. The zero-order valence-corrected chi connectivity index (χ0v) is 13.4. The summed E-state index contributed by atoms with van der Waals surface area (Å²) in [7, 11) is -4.34. The molecule has 0 amide bonds. The summed E-state index contributed by atoms with van der Waals surface area (Å²) in [6.45, 7) is 5.84. The summed E-state index contributed by atoms with van der Waals surface area (Å²) in [5.74, 6) is -0.528. The van der Waals surface area contributed by atoms with Gasteiger partial charge < -0.3 is 9.29 Å². The molecule has 1 rings (SSSR count). The predicted octanol–water partition coefficient (Wildman–Crippen LogP) is 5.86. The molecule has 0 aliphatic rings. The van der Waals surface area contributed by atoms with Crippen molar-refractivity contribution in [2.24, 2.45) is 0 Å². The molecule has 1 aromatic rings. The summed E-state index contributed by atoms with van der Waals surface area (Å²) in [5, 5.41) is 0. The van der Waals surface area contributed by atoms with Crippen LogP contribution in [0.25, 0.3) is 0 Å². The average molecular weight is 365 g/mol. The molecule has 4 nitrogen and oxygen atoms in total. The van der Waals surface area contributed by atoms with E-state index < -0.39 is 21.7 Å². The first kappa shape index (κ1) is 34.3. The number of ether oxygens (including phenoxy) is 1. The molecule has 0 saturated carbocycles. The van der Waals surface area contributed by atoms with Crippen molar-refractivity contribution in [3.63, 3.8) is 0 Å². The molecule has 0 aliphatic heterocycles. The molecule has 5 heteroatoms. The van der Waals surface area contributed by atoms with E-state index in [9.17, 15) is 13.0 Å². The largest absolute Gasteiger partial charge is 0.746 e. The summed E-state index contributed by atoms with van der Waals surface area (Å²) in [5.41, 5.74) is 0.572. The first-order valence-electron chi connectivity index (χ1n) is 6.38. The van der Waals surface area contributed by atoms with E-state index in [1.54, 1.807) is 0 Å². The molecule has 2 atom stereocenters. The second-order valence-electron chi connectivity index (χ2n) is 5.14. The van der Waals surface area contributed by atoms with Crippen LogP contribution in [-0.4, -0.2) is 24.5 Å². The molecule has 146 valence electrons. The van der Waals surface area contributed by atoms with Crippen molar-refractivity contribution in [1.29, 1.82) is 0 Å². The van der Waals surface area contributed by atoms with Gasteiger partial charge in [-0.05, 0) is 31.2 Å². The van der Waals surface area contributed by atoms with E-state index in [0.717, 1.165) is 0 Å². The minimum absolute atomic E-state index is 0. The summed E-state index contributed by atoms with van der Waals surface area (Å²) < 4.78 is 37.3. The maximum atomic E-state index is 10.7. The van der Waals surface area contributed by atoms with Crippen LogP contribution in [0.4, 0.5) is 0 Å². The summed E-state index contributed by atoms with van der Waals surface area (Å²) in [6.07, 6.45) is 1.32. The van der Waals surface area contributed by atoms with E-state index in [1.165, 1.54) is 5.56 Å². The van der Waals surface area contributed by atoms with Gasteiger partial charge in [0.25, 0.3) is 0 Å². The van der Waals surface area contributed by atoms with E-state index in [4.69, 9.17) is 4.74 Å². The first-order valence-corrected chi connectivity index (χ1v) is 7.96. The minimum Gasteiger partial charge on any atom is -0.746 e. The van der Waals surface area contributed by atoms with Crippen molar-refractivity contribution in [2.45, 2.75) is 74.8 Å². The highest BCUT2D eigenvalue weighted by molar-refractivity contribution is 7.85. The zero-order chi connectivity index (χ0) is 14.5. The first-order chi connectivity index (χ1) is 8.76. The molecule has 0 bridgehead atoms. The standard InChI is InChI=1S/C14H22O4S.4CH4.CH3/c1-4-14(3,18-11-19(15,16)17)10-12(2)13-8-6-5-7-9-13;;;;;/h5-9,12H,4,10-11H2,1-3H3,(H,15,16,17);4*1H4;1H3/q;;;;;+1/p-1. The van der Waals surface area contributed by atoms with Gasteiger partial charge in [0, 0.05) is 7.43 Å². The van der Waals surface area contributed by atoms with Crippen LogP contribution < -0.4 is 0 Å². The Morgan fingerprint density at radius 2 is 1.58 bits per heavy atom. The Bertz CT molecular complexity index is 485. The lowest BCUT2D eigenvalue weighted by atomic mass is 9.86. The lowest BCUT2D eigenvalue weighted by molar-refractivity contribution is -0.0227. The Kier molecular flexibility index (Phi) is 20.5. The maximum absolute atomic E-state index is 10.7. The quantitative estimate of drug-likeness (QED) is 0.448. The van der Waals surface area contributed by atoms with Crippen molar-refractivity contribution in [3.05, 3.63) is 43.3 Å². The third-order valence-corrected chi connectivity index (χ3v) is 3.81. The SMILES string of the molecule is C.C.C.C.CCC(C)(CC(C)c1ccccc1)OCS(=O)(=O)[O-].[CH3+]. The fraction of sp³-hybridized carbons (Fsp3) is 0.632. The topological polar surface area (TPSA) is 66.4 Å². The molecule has 24 heavy (non-hydrogen) atoms. The van der Waals surface area contributed by atoms with Crippen molar-refractivity contribution < 1.29 is 17.7 Å². The summed E-state index contributed by atoms with van der Waals surface area (Å²) in [4.78, 5) is 0. The van der Waals surface area contributed by atoms with Gasteiger partial charge in [0.15, 0.2) is 0 Å². The van der Waals surface area contributed by atoms with Gasteiger partial charge >= 0.3 is 0 Å². The number of hydrogen-bond donors (Lipinski definition) is 0. The Hall–Kier alpha value is -1.04. The molecule has 0 radical (unpaired) electrons. The van der Waals surface area contributed by atoms with Gasteiger partial charge in [0.05, 0.1) is 5.60 Å². The fourth-order valence-electron chi connectivity index (χ4n) is 2.07. The van der Waals surface area contributed by atoms with Crippen LogP contribution in [0.15, 0.2) is 30.3 Å². The van der Waals surface area contributed by atoms with Gasteiger partial charge in [0.1, 0.15) is 16.1 Å². The normalized spacial score (nSPS) is 13.3. The van der Waals surface area contributed by atoms with Gasteiger partial charge in [-0.15, -0.1) is 0 Å². The third-order valence-electron chi connectivity index (χ3n) is 3.41. The van der Waals surface area contributed by atoms with Gasteiger partial charge in [-0.2, -0.15) is 0 Å². The van der Waals surface area contributed by atoms with Crippen molar-refractivity contribution >= 4 is 10.1 Å². The molecule has 0 saturated heterocycles. The van der Waals surface area contributed by atoms with E-state index in [0.29, 0.717) is 12.8 Å². The Morgan fingerprint density at radius 3 is 1.96 bits per heavy atom. The average Bonchev–Trinajstić information content (AvgIpc) is 2.37. The van der Waals surface area contributed by atoms with Gasteiger partial charge in [-0.25, -0.2) is 8.42 Å². The van der Waals surface area contributed by atoms with Crippen molar-refractivity contribution in [2.75, 3.05) is 5.94 Å². The van der Waals surface area contributed by atoms with Gasteiger partial charge in [-0.3, -0.25) is 0 Å². The van der Waals surface area contributed by atoms with Crippen LogP contribution in [0.1, 0.15) is 74.8 Å². The van der Waals surface area contributed by atoms with Crippen LogP contribution in [0.5, 0.6) is 0 Å². The highest BCUT2D eigenvalue weighted by atomic mass is 32.2. The van der Waals surface area contributed by atoms with E-state index in [2.05, 4.69) is 6.92 Å². The summed E-state index contributed by atoms with van der Waals surface area (Å²) >= 11 is 0. The molecule has 0 fully saturated rings. The third kappa shape index (κ3) is 12.4. The molecule has 0 heterocycles. The molecule has 0 aliphatic carbocycles. The molecule has 2 unspecified atom stereocenters. The number of hydrogen-bond acceptors (Lipinski definition) is 4. The predicted molar refractivity (Wildman–Crippen MR) is 107 cm³/mol. The molecule has 1 aromatic carbocycles. The van der Waals surface area contributed by atoms with E-state index >= 15 is 0 Å². The van der Waals surface area contributed by atoms with Crippen molar-refractivity contribution in [3.8, 4) is 0 Å². The lowest BCUT2D eigenvalue weighted by Gasteiger charge is -2.32. The molecule has 0 N–H and O–H groups in total. The summed E-state index contributed by atoms with van der Waals surface area (Å²) in [6, 6.07) is 9.96. The lowest BCUT2D eigenvalue weighted by Crippen LogP contribution is -2.32. The highest BCUT2D eigenvalue weighted by Crippen LogP contribution is 2.30. The maximum Gasteiger partial charge on any atom is 0.137 e. The van der Waals surface area contributed by atoms with Gasteiger partial charge in [0.2, 0.25) is 0 Å². The smallest absolute Gasteiger partial charge is 0.137 e. The minimum atomic E-state index is -4.34. The van der Waals surface area contributed by atoms with E-state index in [-0.39, 0.29) is 43.1 Å². The molecular weight excluding hydrogens is 324 g/mol. The molecular formula is C19H40O4S. The zero-order valence-electron chi connectivity index (χ0n) is 12.6. The Labute approximate surface area is 152 Å². The molecule has 0 aromatic heterocycles. The Morgan fingerprint density at radius 1 is 1.12 bits per heavy atom. The molecule has 0 spiro atoms. The monoisotopic (exact) mass is 364 g/mol. The van der Waals surface area contributed by atoms with Crippen LogP contribution in [0.2, 0.25) is 0 Å². The van der Waals surface area contributed by atoms with Crippen molar-refractivity contribution in [1.82, 2.24) is 0 Å². The Balaban J connectivity index is -0.000000241. The van der Waals surface area contributed by atoms with Crippen LogP contribution in [0.3, 0.4) is 0 Å². The second-order valence-corrected chi connectivity index (χ2v) is 6.49. The van der Waals surface area contributed by atoms with Crippen LogP contribution in [0, 0.1) is 7.43 Å².